The summed E-state index contributed by atoms with van der Waals surface area (Å²) in [5.74, 6) is -5.05. The van der Waals surface area contributed by atoms with E-state index in [4.69, 9.17) is 4.74 Å². The van der Waals surface area contributed by atoms with E-state index in [0.29, 0.717) is 36.9 Å². The van der Waals surface area contributed by atoms with E-state index in [0.717, 1.165) is 19.0 Å². The van der Waals surface area contributed by atoms with Crippen LogP contribution < -0.4 is 20.3 Å². The summed E-state index contributed by atoms with van der Waals surface area (Å²) >= 11 is 0. The Morgan fingerprint density at radius 2 is 1.88 bits per heavy atom. The number of amides is 2. The predicted molar refractivity (Wildman–Crippen MR) is 146 cm³/mol. The van der Waals surface area contributed by atoms with E-state index in [1.807, 2.05) is 7.05 Å². The van der Waals surface area contributed by atoms with E-state index in [-0.39, 0.29) is 29.2 Å². The van der Waals surface area contributed by atoms with Crippen LogP contribution in [0.3, 0.4) is 0 Å². The summed E-state index contributed by atoms with van der Waals surface area (Å²) in [6.45, 7) is 5.46. The van der Waals surface area contributed by atoms with Crippen molar-refractivity contribution in [3.05, 3.63) is 36.3 Å². The molecule has 2 N–H and O–H groups in total. The smallest absolute Gasteiger partial charge is 0.393 e. The molecular weight excluding hydrogens is 542 g/mol. The first-order chi connectivity index (χ1) is 19.4. The van der Waals surface area contributed by atoms with Crippen molar-refractivity contribution >= 4 is 23.2 Å². The van der Waals surface area contributed by atoms with Crippen molar-refractivity contribution in [3.8, 4) is 17.0 Å². The van der Waals surface area contributed by atoms with E-state index in [1.54, 1.807) is 18.2 Å². The molecule has 1 saturated carbocycles. The van der Waals surface area contributed by atoms with Crippen molar-refractivity contribution in [2.75, 3.05) is 43.5 Å². The molecule has 12 heteroatoms. The van der Waals surface area contributed by atoms with Crippen molar-refractivity contribution in [1.29, 1.82) is 0 Å². The molecule has 41 heavy (non-hydrogen) atoms. The molecule has 0 radical (unpaired) electrons. The largest absolute Gasteiger partial charge is 0.477 e. The fourth-order valence-corrected chi connectivity index (χ4v) is 5.51. The van der Waals surface area contributed by atoms with Gasteiger partial charge >= 0.3 is 6.18 Å². The molecule has 4 atom stereocenters. The zero-order valence-corrected chi connectivity index (χ0v) is 23.3. The molecule has 3 fully saturated rings. The number of rotatable bonds is 7. The molecule has 8 nitrogen and oxygen atoms in total. The monoisotopic (exact) mass is 577 g/mol. The molecule has 222 valence electrons. The number of pyridine rings is 1. The Morgan fingerprint density at radius 3 is 2.54 bits per heavy atom. The second-order valence-electron chi connectivity index (χ2n) is 11.5. The third-order valence-electron chi connectivity index (χ3n) is 8.43. The van der Waals surface area contributed by atoms with Gasteiger partial charge in [0.25, 0.3) is 0 Å². The quantitative estimate of drug-likeness (QED) is 0.473. The van der Waals surface area contributed by atoms with Crippen LogP contribution in [-0.4, -0.2) is 73.2 Å². The van der Waals surface area contributed by atoms with Gasteiger partial charge < -0.3 is 20.3 Å². The molecule has 0 spiro atoms. The topological polar surface area (TPSA) is 86.8 Å². The maximum absolute atomic E-state index is 15.0. The first kappa shape index (κ1) is 29.1. The summed E-state index contributed by atoms with van der Waals surface area (Å²) in [5.41, 5.74) is 1.51. The van der Waals surface area contributed by atoms with Crippen LogP contribution in [0.2, 0.25) is 0 Å². The first-order valence-corrected chi connectivity index (χ1v) is 13.9. The van der Waals surface area contributed by atoms with Gasteiger partial charge in [-0.2, -0.15) is 13.2 Å². The molecular formula is C29H35F4N5O3. The highest BCUT2D eigenvalue weighted by molar-refractivity contribution is 5.98. The Labute approximate surface area is 236 Å². The van der Waals surface area contributed by atoms with Crippen LogP contribution in [0, 0.1) is 23.6 Å². The molecule has 0 bridgehead atoms. The van der Waals surface area contributed by atoms with Gasteiger partial charge in [-0.05, 0) is 57.4 Å². The maximum Gasteiger partial charge on any atom is 0.393 e. The Kier molecular flexibility index (Phi) is 8.13. The minimum Gasteiger partial charge on any atom is -0.477 e. The van der Waals surface area contributed by atoms with Crippen LogP contribution in [0.4, 0.5) is 28.9 Å². The lowest BCUT2D eigenvalue weighted by atomic mass is 9.84. The number of nitrogens with one attached hydrogen (secondary N) is 2. The van der Waals surface area contributed by atoms with Crippen LogP contribution in [0.15, 0.2) is 30.5 Å². The number of hydrogen-bond acceptors (Lipinski definition) is 6. The Bertz CT molecular complexity index is 1290. The minimum atomic E-state index is -4.72. The van der Waals surface area contributed by atoms with Crippen LogP contribution in [0.25, 0.3) is 11.1 Å². The number of carbonyl (C=O) groups excluding carboxylic acids is 2. The number of likely N-dealkylation sites (N-methyl/N-ethyl adjacent to an activating group) is 1. The molecule has 2 aliphatic heterocycles. The van der Waals surface area contributed by atoms with Gasteiger partial charge in [0.1, 0.15) is 5.82 Å². The number of halogens is 4. The molecule has 2 saturated heterocycles. The Hall–Kier alpha value is -3.41. The Balaban J connectivity index is 1.49. The standard InChI is InChI=1S/C29H35F4N5O3/c1-16-13-38(14-17(2)37(16)3)25-7-6-19(20-9-27(35-12-23(20)30)41-15-18-4-5-18)8-24(25)36-28(40)21-11-34-26(39)10-22(21)29(31,32)33/h6-9,12,16-18,21-22H,4-5,10-11,13-15H2,1-3H3,(H,34,39)(H,36,40)/t16-,17+,21?,22?. The van der Waals surface area contributed by atoms with Crippen molar-refractivity contribution < 1.29 is 31.9 Å². The lowest BCUT2D eigenvalue weighted by molar-refractivity contribution is -0.197. The van der Waals surface area contributed by atoms with Crippen molar-refractivity contribution in [3.63, 3.8) is 0 Å². The minimum absolute atomic E-state index is 0.175. The van der Waals surface area contributed by atoms with Crippen molar-refractivity contribution in [1.82, 2.24) is 15.2 Å². The number of nitrogens with zero attached hydrogens (tertiary/aromatic N) is 3. The van der Waals surface area contributed by atoms with E-state index >= 15 is 0 Å². The normalized spacial score (nSPS) is 25.5. The summed E-state index contributed by atoms with van der Waals surface area (Å²) < 4.78 is 62.1. The highest BCUT2D eigenvalue weighted by atomic mass is 19.4. The number of benzene rings is 1. The van der Waals surface area contributed by atoms with E-state index in [9.17, 15) is 27.2 Å². The van der Waals surface area contributed by atoms with E-state index in [2.05, 4.69) is 39.3 Å². The zero-order chi connectivity index (χ0) is 29.5. The number of carbonyl (C=O) groups is 2. The number of anilines is 2. The highest BCUT2D eigenvalue weighted by Crippen LogP contribution is 2.39. The number of hydrogen-bond donors (Lipinski definition) is 2. The van der Waals surface area contributed by atoms with Gasteiger partial charge in [-0.15, -0.1) is 0 Å². The van der Waals surface area contributed by atoms with Crippen LogP contribution in [0.1, 0.15) is 33.1 Å². The average Bonchev–Trinajstić information content (AvgIpc) is 3.75. The molecule has 1 aromatic heterocycles. The van der Waals surface area contributed by atoms with Crippen LogP contribution >= 0.6 is 0 Å². The molecule has 3 heterocycles. The summed E-state index contributed by atoms with van der Waals surface area (Å²) in [7, 11) is 2.03. The van der Waals surface area contributed by atoms with E-state index in [1.165, 1.54) is 6.07 Å². The van der Waals surface area contributed by atoms with Gasteiger partial charge in [0.15, 0.2) is 0 Å². The number of alkyl halides is 3. The van der Waals surface area contributed by atoms with Gasteiger partial charge in [0.2, 0.25) is 17.7 Å². The molecule has 1 aliphatic carbocycles. The second kappa shape index (κ2) is 11.5. The number of piperazine rings is 1. The van der Waals surface area contributed by atoms with Gasteiger partial charge in [-0.25, -0.2) is 9.37 Å². The summed E-state index contributed by atoms with van der Waals surface area (Å²) in [5, 5.41) is 5.10. The molecule has 5 rings (SSSR count). The molecule has 2 amide bonds. The molecule has 2 unspecified atom stereocenters. The second-order valence-corrected chi connectivity index (χ2v) is 11.5. The van der Waals surface area contributed by atoms with Crippen molar-refractivity contribution in [2.24, 2.45) is 17.8 Å². The number of piperidine rings is 1. The zero-order valence-electron chi connectivity index (χ0n) is 23.3. The number of ether oxygens (including phenoxy) is 1. The van der Waals surface area contributed by atoms with E-state index < -0.39 is 48.6 Å². The van der Waals surface area contributed by atoms with Gasteiger partial charge in [0.05, 0.1) is 36.0 Å². The number of aromatic nitrogens is 1. The van der Waals surface area contributed by atoms with Gasteiger partial charge in [-0.1, -0.05) is 6.07 Å². The maximum atomic E-state index is 15.0. The van der Waals surface area contributed by atoms with Crippen LogP contribution in [-0.2, 0) is 9.59 Å². The van der Waals surface area contributed by atoms with Gasteiger partial charge in [-0.3, -0.25) is 14.5 Å². The molecule has 3 aliphatic rings. The lowest BCUT2D eigenvalue weighted by Gasteiger charge is -2.44. The molecule has 2 aromatic rings. The van der Waals surface area contributed by atoms with Crippen LogP contribution in [0.5, 0.6) is 5.88 Å². The Morgan fingerprint density at radius 1 is 1.17 bits per heavy atom. The SMILES string of the molecule is C[C@@H]1CN(c2ccc(-c3cc(OCC4CC4)ncc3F)cc2NC(=O)C2CNC(=O)CC2C(F)(F)F)C[C@H](C)N1C. The fraction of sp³-hybridized carbons (Fsp3) is 0.552. The summed E-state index contributed by atoms with van der Waals surface area (Å²) in [6, 6.07) is 6.90. The van der Waals surface area contributed by atoms with Gasteiger partial charge in [0, 0.05) is 49.8 Å². The first-order valence-electron chi connectivity index (χ1n) is 13.9. The predicted octanol–water partition coefficient (Wildman–Crippen LogP) is 4.46. The lowest BCUT2D eigenvalue weighted by Crippen LogP contribution is -2.55. The summed E-state index contributed by atoms with van der Waals surface area (Å²) in [6.07, 6.45) is -2.28. The summed E-state index contributed by atoms with van der Waals surface area (Å²) in [4.78, 5) is 33.5. The fourth-order valence-electron chi connectivity index (χ4n) is 5.51. The van der Waals surface area contributed by atoms with Crippen molar-refractivity contribution in [2.45, 2.75) is 51.4 Å². The highest BCUT2D eigenvalue weighted by Gasteiger charge is 2.50. The average molecular weight is 578 g/mol. The third-order valence-corrected chi connectivity index (χ3v) is 8.43. The third kappa shape index (κ3) is 6.58. The molecule has 1 aromatic carbocycles.